The summed E-state index contributed by atoms with van der Waals surface area (Å²) in [4.78, 5) is 16.2. The maximum atomic E-state index is 12.9. The molecular weight excluding hydrogens is 567 g/mol. The van der Waals surface area contributed by atoms with Crippen LogP contribution in [-0.4, -0.2) is 30.7 Å². The predicted octanol–water partition coefficient (Wildman–Crippen LogP) is 5.92. The van der Waals surface area contributed by atoms with Crippen molar-refractivity contribution in [1.82, 2.24) is 10.3 Å². The summed E-state index contributed by atoms with van der Waals surface area (Å²) >= 11 is 0. The molecule has 39 heavy (non-hydrogen) atoms. The van der Waals surface area contributed by atoms with Gasteiger partial charge in [-0.2, -0.15) is 0 Å². The number of H-pyrrole nitrogens is 1. The molecule has 0 unspecified atom stereocenters. The number of hydrogen-bond acceptors (Lipinski definition) is 2. The molecule has 0 aliphatic rings. The van der Waals surface area contributed by atoms with Crippen molar-refractivity contribution in [2.24, 2.45) is 0 Å². The summed E-state index contributed by atoms with van der Waals surface area (Å²) in [6.45, 7) is 0.613. The van der Waals surface area contributed by atoms with Gasteiger partial charge in [0.1, 0.15) is 0 Å². The number of aromatic amines is 1. The van der Waals surface area contributed by atoms with Crippen LogP contribution < -0.4 is 26.0 Å². The monoisotopic (exact) mass is 602 g/mol. The molecule has 1 aromatic heterocycles. The van der Waals surface area contributed by atoms with Crippen LogP contribution in [-0.2, 0) is 11.2 Å². The third kappa shape index (κ3) is 6.43. The number of rotatable bonds is 11. The fraction of sp³-hybridized carbons (Fsp3) is 0.182. The van der Waals surface area contributed by atoms with E-state index in [1.165, 1.54) is 21.5 Å². The molecule has 0 radical (unpaired) electrons. The third-order valence-electron chi connectivity index (χ3n) is 7.45. The molecule has 0 aliphatic carbocycles. The first kappa shape index (κ1) is 28.6. The molecule has 5 aromatic rings. The molecular formula is C33H36BrN2O2P. The minimum absolute atomic E-state index is 0. The van der Waals surface area contributed by atoms with Crippen LogP contribution in [0.5, 0.6) is 5.75 Å². The van der Waals surface area contributed by atoms with Crippen molar-refractivity contribution in [1.29, 1.82) is 0 Å². The maximum absolute atomic E-state index is 12.9. The Hall–Kier alpha value is -3.40. The van der Waals surface area contributed by atoms with Gasteiger partial charge in [-0.05, 0) is 0 Å². The van der Waals surface area contributed by atoms with Crippen molar-refractivity contribution in [3.8, 4) is 5.75 Å². The van der Waals surface area contributed by atoms with Gasteiger partial charge < -0.3 is 0 Å². The zero-order chi connectivity index (χ0) is 26.2. The molecule has 0 atom stereocenters. The van der Waals surface area contributed by atoms with Crippen LogP contribution >= 0.6 is 24.2 Å². The quantitative estimate of drug-likeness (QED) is 0.184. The van der Waals surface area contributed by atoms with E-state index in [1.807, 2.05) is 24.4 Å². The Bertz CT molecular complexity index is 1380. The molecule has 0 fully saturated rings. The van der Waals surface area contributed by atoms with Gasteiger partial charge in [0.25, 0.3) is 0 Å². The van der Waals surface area contributed by atoms with E-state index < -0.39 is 7.26 Å². The second-order valence-electron chi connectivity index (χ2n) is 9.68. The molecule has 1 amide bonds. The predicted molar refractivity (Wildman–Crippen MR) is 173 cm³/mol. The second kappa shape index (κ2) is 13.6. The Balaban J connectivity index is 0.00000353. The van der Waals surface area contributed by atoms with Gasteiger partial charge >= 0.3 is 218 Å². The Morgan fingerprint density at radius 1 is 0.821 bits per heavy atom. The second-order valence-corrected chi connectivity index (χ2v) is 13.7. The van der Waals surface area contributed by atoms with E-state index in [9.17, 15) is 4.79 Å². The van der Waals surface area contributed by atoms with Gasteiger partial charge in [-0.1, -0.05) is 0 Å². The van der Waals surface area contributed by atoms with Gasteiger partial charge in [0.2, 0.25) is 0 Å². The van der Waals surface area contributed by atoms with Crippen LogP contribution in [0.4, 0.5) is 0 Å². The Kier molecular flexibility index (Phi) is 9.97. The molecule has 2 N–H and O–H groups in total. The molecule has 202 valence electrons. The van der Waals surface area contributed by atoms with Crippen LogP contribution in [0.25, 0.3) is 10.9 Å². The third-order valence-corrected chi connectivity index (χ3v) is 12.5. The first-order valence-electron chi connectivity index (χ1n) is 13.3. The number of aromatic nitrogens is 1. The molecule has 0 saturated heterocycles. The number of hydrogen-bond donors (Lipinski definition) is 2. The zero-order valence-corrected chi connectivity index (χ0v) is 24.9. The van der Waals surface area contributed by atoms with Crippen LogP contribution in [0.3, 0.4) is 0 Å². The number of amides is 1. The molecule has 6 heteroatoms. The summed E-state index contributed by atoms with van der Waals surface area (Å²) in [6.07, 6.45) is 5.12. The van der Waals surface area contributed by atoms with E-state index in [1.54, 1.807) is 7.11 Å². The summed E-state index contributed by atoms with van der Waals surface area (Å²) < 4.78 is 5.38. The normalized spacial score (nSPS) is 11.5. The molecule has 0 bridgehead atoms. The molecule has 0 aliphatic heterocycles. The number of nitrogens with one attached hydrogen (secondary N) is 2. The van der Waals surface area contributed by atoms with Crippen LogP contribution in [0.2, 0.25) is 0 Å². The number of methoxy groups -OCH3 is 1. The summed E-state index contributed by atoms with van der Waals surface area (Å²) in [5, 5.41) is 8.44. The molecule has 4 aromatic carbocycles. The van der Waals surface area contributed by atoms with Gasteiger partial charge in [0, 0.05) is 0 Å². The molecule has 0 spiro atoms. The number of ether oxygens (including phenoxy) is 1. The van der Waals surface area contributed by atoms with Gasteiger partial charge in [0.05, 0.1) is 7.11 Å². The Labute approximate surface area is 241 Å². The first-order valence-corrected chi connectivity index (χ1v) is 15.5. The average molecular weight is 604 g/mol. The van der Waals surface area contributed by atoms with Crippen LogP contribution in [0.15, 0.2) is 115 Å². The van der Waals surface area contributed by atoms with Gasteiger partial charge in [0.15, 0.2) is 0 Å². The van der Waals surface area contributed by atoms with Crippen molar-refractivity contribution in [2.45, 2.75) is 19.3 Å². The fourth-order valence-corrected chi connectivity index (χ4v) is 10.4. The van der Waals surface area contributed by atoms with Crippen molar-refractivity contribution >= 4 is 57.0 Å². The van der Waals surface area contributed by atoms with E-state index >= 15 is 0 Å². The first-order chi connectivity index (χ1) is 18.7. The van der Waals surface area contributed by atoms with E-state index in [0.717, 1.165) is 35.7 Å². The summed E-state index contributed by atoms with van der Waals surface area (Å²) in [7, 11) is -0.622. The summed E-state index contributed by atoms with van der Waals surface area (Å²) in [6, 6.07) is 38.7. The van der Waals surface area contributed by atoms with Crippen molar-refractivity contribution in [3.05, 3.63) is 121 Å². The standard InChI is InChI=1S/C33H35N2O2P.BrH/c1-37-27-19-20-32-31(24-27)26(25-35-32)21-22-34-33(36)18-11-23-38(28-12-5-2-6-13-28,29-14-7-3-8-15-29)30-16-9-4-10-17-30;/h2-10,12-17,19-20,24-25,35,38H,11,18,21-23H2,1H3,(H,34,36);1H. The molecule has 5 rings (SSSR count). The SMILES string of the molecule is Br.COc1ccc2[nH]cc(CCNC(=O)CCC[PH](c3ccccc3)(c3ccccc3)c3ccccc3)c2c1. The van der Waals surface area contributed by atoms with Crippen LogP contribution in [0.1, 0.15) is 18.4 Å². The van der Waals surface area contributed by atoms with Gasteiger partial charge in [-0.3, -0.25) is 0 Å². The summed E-state index contributed by atoms with van der Waals surface area (Å²) in [5.41, 5.74) is 2.26. The Morgan fingerprint density at radius 2 is 1.38 bits per heavy atom. The summed E-state index contributed by atoms with van der Waals surface area (Å²) in [5.74, 6) is 0.949. The van der Waals surface area contributed by atoms with E-state index in [-0.39, 0.29) is 22.9 Å². The number of halogens is 1. The molecule has 0 saturated carbocycles. The Morgan fingerprint density at radius 3 is 1.92 bits per heavy atom. The number of carbonyl (C=O) groups is 1. The minimum atomic E-state index is -2.30. The average Bonchev–Trinajstić information content (AvgIpc) is 3.39. The van der Waals surface area contributed by atoms with E-state index in [4.69, 9.17) is 4.74 Å². The molecule has 1 heterocycles. The van der Waals surface area contributed by atoms with Crippen molar-refractivity contribution in [2.75, 3.05) is 19.8 Å². The van der Waals surface area contributed by atoms with Crippen molar-refractivity contribution < 1.29 is 9.53 Å². The topological polar surface area (TPSA) is 54.1 Å². The number of carbonyl (C=O) groups excluding carboxylic acids is 1. The molecule has 4 nitrogen and oxygen atoms in total. The fourth-order valence-electron chi connectivity index (χ4n) is 5.53. The van der Waals surface area contributed by atoms with E-state index in [0.29, 0.717) is 13.0 Å². The number of fused-ring (bicyclic) bond motifs is 1. The van der Waals surface area contributed by atoms with Crippen molar-refractivity contribution in [3.63, 3.8) is 0 Å². The van der Waals surface area contributed by atoms with Gasteiger partial charge in [-0.15, -0.1) is 17.0 Å². The van der Waals surface area contributed by atoms with Gasteiger partial charge in [-0.25, -0.2) is 0 Å². The van der Waals surface area contributed by atoms with Crippen LogP contribution in [0, 0.1) is 0 Å². The zero-order valence-electron chi connectivity index (χ0n) is 22.2. The van der Waals surface area contributed by atoms with E-state index in [2.05, 4.69) is 101 Å². The number of benzene rings is 4.